The zero-order valence-electron chi connectivity index (χ0n) is 16.2. The van der Waals surface area contributed by atoms with Crippen LogP contribution in [0.5, 0.6) is 5.75 Å². The largest absolute Gasteiger partial charge is 0.497 e. The standard InChI is InChI=1S/C20H16ClFN6O3/c1-31-14-4-2-3-12(7-14)9-28-19-18(25-26-28)20(30)27(11-23-19)10-17(29)24-13-5-6-16(22)15(21)8-13/h2-8,11H,9-10H2,1H3,(H,24,29). The fourth-order valence-electron chi connectivity index (χ4n) is 2.98. The molecular formula is C20H16ClFN6O3. The Morgan fingerprint density at radius 3 is 2.87 bits per heavy atom. The van der Waals surface area contributed by atoms with E-state index in [-0.39, 0.29) is 17.1 Å². The van der Waals surface area contributed by atoms with Crippen LogP contribution in [0, 0.1) is 5.82 Å². The normalized spacial score (nSPS) is 10.9. The molecule has 9 nitrogen and oxygen atoms in total. The first-order valence-corrected chi connectivity index (χ1v) is 9.49. The van der Waals surface area contributed by atoms with Gasteiger partial charge in [-0.3, -0.25) is 14.2 Å². The fraction of sp³-hybridized carbons (Fsp3) is 0.150. The lowest BCUT2D eigenvalue weighted by Crippen LogP contribution is -2.28. The molecule has 158 valence electrons. The summed E-state index contributed by atoms with van der Waals surface area (Å²) < 4.78 is 21.1. The van der Waals surface area contributed by atoms with Crippen molar-refractivity contribution in [2.75, 3.05) is 12.4 Å². The topological polar surface area (TPSA) is 104 Å². The third-order valence-electron chi connectivity index (χ3n) is 4.48. The molecule has 0 bridgehead atoms. The quantitative estimate of drug-likeness (QED) is 0.492. The summed E-state index contributed by atoms with van der Waals surface area (Å²) in [6.07, 6.45) is 1.26. The van der Waals surface area contributed by atoms with Crippen LogP contribution in [0.25, 0.3) is 11.2 Å². The molecule has 11 heteroatoms. The number of halogens is 2. The van der Waals surface area contributed by atoms with Gasteiger partial charge in [-0.25, -0.2) is 14.1 Å². The summed E-state index contributed by atoms with van der Waals surface area (Å²) in [6, 6.07) is 11.2. The molecule has 0 unspecified atom stereocenters. The van der Waals surface area contributed by atoms with E-state index in [1.54, 1.807) is 7.11 Å². The Morgan fingerprint density at radius 2 is 2.10 bits per heavy atom. The van der Waals surface area contributed by atoms with E-state index in [2.05, 4.69) is 20.6 Å². The predicted molar refractivity (Wildman–Crippen MR) is 112 cm³/mol. The maximum Gasteiger partial charge on any atom is 0.283 e. The molecule has 0 aliphatic heterocycles. The number of aromatic nitrogens is 5. The van der Waals surface area contributed by atoms with Gasteiger partial charge >= 0.3 is 0 Å². The second-order valence-electron chi connectivity index (χ2n) is 6.63. The summed E-state index contributed by atoms with van der Waals surface area (Å²) >= 11 is 5.71. The van der Waals surface area contributed by atoms with Gasteiger partial charge in [0, 0.05) is 5.69 Å². The van der Waals surface area contributed by atoms with Crippen molar-refractivity contribution < 1.29 is 13.9 Å². The molecule has 2 aromatic carbocycles. The van der Waals surface area contributed by atoms with Crippen molar-refractivity contribution in [2.45, 2.75) is 13.1 Å². The summed E-state index contributed by atoms with van der Waals surface area (Å²) in [5.74, 6) is -0.400. The van der Waals surface area contributed by atoms with Gasteiger partial charge in [0.25, 0.3) is 5.56 Å². The first-order valence-electron chi connectivity index (χ1n) is 9.11. The molecular weight excluding hydrogens is 427 g/mol. The Balaban J connectivity index is 1.53. The maximum absolute atomic E-state index is 13.2. The lowest BCUT2D eigenvalue weighted by molar-refractivity contribution is -0.116. The number of rotatable bonds is 6. The molecule has 4 rings (SSSR count). The van der Waals surface area contributed by atoms with Gasteiger partial charge in [0.15, 0.2) is 11.2 Å². The summed E-state index contributed by atoms with van der Waals surface area (Å²) in [5, 5.41) is 10.4. The molecule has 2 aromatic heterocycles. The Bertz CT molecular complexity index is 1340. The molecule has 0 atom stereocenters. The predicted octanol–water partition coefficient (Wildman–Crippen LogP) is 2.48. The highest BCUT2D eigenvalue weighted by atomic mass is 35.5. The van der Waals surface area contributed by atoms with E-state index in [4.69, 9.17) is 16.3 Å². The van der Waals surface area contributed by atoms with Crippen LogP contribution in [0.2, 0.25) is 5.02 Å². The lowest BCUT2D eigenvalue weighted by Gasteiger charge is -2.08. The average molecular weight is 443 g/mol. The van der Waals surface area contributed by atoms with Crippen LogP contribution < -0.4 is 15.6 Å². The van der Waals surface area contributed by atoms with Crippen molar-refractivity contribution in [3.05, 3.63) is 75.5 Å². The number of fused-ring (bicyclic) bond motifs is 1. The highest BCUT2D eigenvalue weighted by molar-refractivity contribution is 6.31. The number of hydrogen-bond acceptors (Lipinski definition) is 6. The van der Waals surface area contributed by atoms with Crippen LogP contribution in [0.15, 0.2) is 53.6 Å². The Morgan fingerprint density at radius 1 is 1.26 bits per heavy atom. The number of benzene rings is 2. The SMILES string of the molecule is COc1cccc(Cn2nnc3c(=O)n(CC(=O)Nc4ccc(F)c(Cl)c4)cnc32)c1. The van der Waals surface area contributed by atoms with Crippen molar-refractivity contribution in [1.82, 2.24) is 24.5 Å². The second kappa shape index (κ2) is 8.52. The number of ether oxygens (including phenoxy) is 1. The van der Waals surface area contributed by atoms with Gasteiger partial charge in [0.05, 0.1) is 18.7 Å². The van der Waals surface area contributed by atoms with Crippen LogP contribution in [0.4, 0.5) is 10.1 Å². The molecule has 0 fully saturated rings. The second-order valence-corrected chi connectivity index (χ2v) is 7.03. The van der Waals surface area contributed by atoms with Gasteiger partial charge in [-0.2, -0.15) is 0 Å². The van der Waals surface area contributed by atoms with Gasteiger partial charge in [0.1, 0.15) is 24.4 Å². The van der Waals surface area contributed by atoms with E-state index in [1.807, 2.05) is 24.3 Å². The van der Waals surface area contributed by atoms with Gasteiger partial charge < -0.3 is 10.1 Å². The highest BCUT2D eigenvalue weighted by Crippen LogP contribution is 2.19. The van der Waals surface area contributed by atoms with Gasteiger partial charge in [-0.1, -0.05) is 28.9 Å². The number of carbonyl (C=O) groups is 1. The van der Waals surface area contributed by atoms with E-state index < -0.39 is 17.3 Å². The number of nitrogens with one attached hydrogen (secondary N) is 1. The smallest absolute Gasteiger partial charge is 0.283 e. The number of carbonyl (C=O) groups excluding carboxylic acids is 1. The maximum atomic E-state index is 13.2. The highest BCUT2D eigenvalue weighted by Gasteiger charge is 2.14. The molecule has 1 amide bonds. The summed E-state index contributed by atoms with van der Waals surface area (Å²) in [7, 11) is 1.58. The van der Waals surface area contributed by atoms with Gasteiger partial charge in [-0.05, 0) is 35.9 Å². The van der Waals surface area contributed by atoms with Crippen LogP contribution >= 0.6 is 11.6 Å². The van der Waals surface area contributed by atoms with Crippen molar-refractivity contribution in [3.8, 4) is 5.75 Å². The van der Waals surface area contributed by atoms with Crippen molar-refractivity contribution >= 4 is 34.4 Å². The summed E-state index contributed by atoms with van der Waals surface area (Å²) in [6.45, 7) is 0.0372. The zero-order valence-corrected chi connectivity index (χ0v) is 17.0. The molecule has 2 heterocycles. The molecule has 1 N–H and O–H groups in total. The first-order chi connectivity index (χ1) is 14.9. The molecule has 4 aromatic rings. The molecule has 31 heavy (non-hydrogen) atoms. The van der Waals surface area contributed by atoms with Crippen LogP contribution in [0.3, 0.4) is 0 Å². The number of amides is 1. The van der Waals surface area contributed by atoms with E-state index in [9.17, 15) is 14.0 Å². The van der Waals surface area contributed by atoms with Crippen LogP contribution in [0.1, 0.15) is 5.56 Å². The molecule has 0 aliphatic carbocycles. The number of nitrogens with zero attached hydrogens (tertiary/aromatic N) is 5. The zero-order chi connectivity index (χ0) is 22.0. The van der Waals surface area contributed by atoms with Gasteiger partial charge in [-0.15, -0.1) is 5.10 Å². The van der Waals surface area contributed by atoms with Crippen molar-refractivity contribution in [1.29, 1.82) is 0 Å². The minimum absolute atomic E-state index is 0.0445. The lowest BCUT2D eigenvalue weighted by atomic mass is 10.2. The van der Waals surface area contributed by atoms with E-state index in [0.717, 1.165) is 16.2 Å². The van der Waals surface area contributed by atoms with E-state index in [1.165, 1.54) is 23.1 Å². The minimum atomic E-state index is -0.595. The Labute approximate surface area is 180 Å². The minimum Gasteiger partial charge on any atom is -0.497 e. The number of hydrogen-bond donors (Lipinski definition) is 1. The Hall–Kier alpha value is -3.79. The third kappa shape index (κ3) is 4.38. The molecule has 0 aliphatic rings. The van der Waals surface area contributed by atoms with Crippen LogP contribution in [-0.2, 0) is 17.9 Å². The molecule has 0 spiro atoms. The fourth-order valence-corrected chi connectivity index (χ4v) is 3.16. The van der Waals surface area contributed by atoms with E-state index in [0.29, 0.717) is 23.6 Å². The molecule has 0 radical (unpaired) electrons. The van der Waals surface area contributed by atoms with Crippen LogP contribution in [-0.4, -0.2) is 37.6 Å². The summed E-state index contributed by atoms with van der Waals surface area (Å²) in [5.41, 5.74) is 1.05. The van der Waals surface area contributed by atoms with E-state index >= 15 is 0 Å². The van der Waals surface area contributed by atoms with Gasteiger partial charge in [0.2, 0.25) is 5.91 Å². The van der Waals surface area contributed by atoms with Crippen molar-refractivity contribution in [2.24, 2.45) is 0 Å². The third-order valence-corrected chi connectivity index (χ3v) is 4.77. The number of anilines is 1. The summed E-state index contributed by atoms with van der Waals surface area (Å²) in [4.78, 5) is 29.2. The average Bonchev–Trinajstić information content (AvgIpc) is 3.16. The molecule has 0 saturated carbocycles. The monoisotopic (exact) mass is 442 g/mol. The van der Waals surface area contributed by atoms with Crippen molar-refractivity contribution in [3.63, 3.8) is 0 Å². The first kappa shape index (κ1) is 20.5. The molecule has 0 saturated heterocycles. The number of methoxy groups -OCH3 is 1. The Kier molecular flexibility index (Phi) is 5.63.